The summed E-state index contributed by atoms with van der Waals surface area (Å²) in [4.78, 5) is 18.0. The molecule has 27 heavy (non-hydrogen) atoms. The first kappa shape index (κ1) is 19.2. The van der Waals surface area contributed by atoms with Gasteiger partial charge in [0.1, 0.15) is 11.6 Å². The van der Waals surface area contributed by atoms with Gasteiger partial charge in [-0.2, -0.15) is 0 Å². The summed E-state index contributed by atoms with van der Waals surface area (Å²) in [5.74, 6) is -0.888. The zero-order valence-corrected chi connectivity index (χ0v) is 16.2. The highest BCUT2D eigenvalue weighted by Gasteiger charge is 2.14. The highest BCUT2D eigenvalue weighted by Crippen LogP contribution is 2.24. The van der Waals surface area contributed by atoms with Gasteiger partial charge in [-0.3, -0.25) is 4.79 Å². The molecule has 0 spiro atoms. The van der Waals surface area contributed by atoms with Crippen molar-refractivity contribution in [3.05, 3.63) is 76.2 Å². The van der Waals surface area contributed by atoms with Crippen LogP contribution in [0.4, 0.5) is 8.78 Å². The molecule has 0 aliphatic heterocycles. The molecule has 3 aromatic rings. The molecule has 0 radical (unpaired) electrons. The first-order valence-electron chi connectivity index (χ1n) is 8.31. The molecule has 0 aliphatic rings. The Morgan fingerprint density at radius 3 is 2.63 bits per heavy atom. The Bertz CT molecular complexity index is 941. The van der Waals surface area contributed by atoms with E-state index < -0.39 is 11.6 Å². The number of hydrogen-bond donors (Lipinski definition) is 0. The first-order chi connectivity index (χ1) is 12.9. The van der Waals surface area contributed by atoms with Crippen molar-refractivity contribution >= 4 is 21.8 Å². The Morgan fingerprint density at radius 1 is 1.19 bits per heavy atom. The molecular weight excluding hydrogens is 418 g/mol. The minimum atomic E-state index is -0.719. The van der Waals surface area contributed by atoms with Crippen LogP contribution < -0.4 is 0 Å². The lowest BCUT2D eigenvalue weighted by Crippen LogP contribution is -2.26. The van der Waals surface area contributed by atoms with Crippen molar-refractivity contribution in [2.45, 2.75) is 19.4 Å². The van der Waals surface area contributed by atoms with Crippen LogP contribution in [0.1, 0.15) is 17.9 Å². The predicted molar refractivity (Wildman–Crippen MR) is 101 cm³/mol. The standard InChI is InChI=1S/C20H17BrF2N2O2/c1-25(12-13-2-4-14(21)5-3-13)20(26)9-8-19-24-11-18(27-19)16-7-6-15(22)10-17(16)23/h2-7,10-11H,8-9,12H2,1H3. The van der Waals surface area contributed by atoms with E-state index in [0.717, 1.165) is 22.2 Å². The second kappa shape index (κ2) is 8.43. The normalized spacial score (nSPS) is 10.8. The van der Waals surface area contributed by atoms with Gasteiger partial charge in [-0.05, 0) is 29.8 Å². The van der Waals surface area contributed by atoms with Crippen molar-refractivity contribution in [1.82, 2.24) is 9.88 Å². The summed E-state index contributed by atoms with van der Waals surface area (Å²) in [5, 5.41) is 0. The van der Waals surface area contributed by atoms with Crippen LogP contribution in [0.25, 0.3) is 11.3 Å². The number of aromatic nitrogens is 1. The van der Waals surface area contributed by atoms with E-state index in [-0.39, 0.29) is 23.7 Å². The maximum atomic E-state index is 13.8. The molecule has 0 N–H and O–H groups in total. The van der Waals surface area contributed by atoms with Gasteiger partial charge in [0.25, 0.3) is 0 Å². The number of aryl methyl sites for hydroxylation is 1. The molecule has 1 aromatic heterocycles. The van der Waals surface area contributed by atoms with Gasteiger partial charge in [0, 0.05) is 37.0 Å². The molecule has 3 rings (SSSR count). The topological polar surface area (TPSA) is 46.3 Å². The maximum Gasteiger partial charge on any atom is 0.223 e. The highest BCUT2D eigenvalue weighted by atomic mass is 79.9. The minimum absolute atomic E-state index is 0.0503. The number of oxazole rings is 1. The third kappa shape index (κ3) is 5.01. The van der Waals surface area contributed by atoms with Crippen molar-refractivity contribution in [1.29, 1.82) is 0 Å². The summed E-state index contributed by atoms with van der Waals surface area (Å²) in [6.07, 6.45) is 1.90. The van der Waals surface area contributed by atoms with E-state index in [1.807, 2.05) is 24.3 Å². The molecule has 0 aliphatic carbocycles. The van der Waals surface area contributed by atoms with Crippen LogP contribution >= 0.6 is 15.9 Å². The fraction of sp³-hybridized carbons (Fsp3) is 0.200. The zero-order chi connectivity index (χ0) is 19.4. The molecule has 0 unspecified atom stereocenters. The van der Waals surface area contributed by atoms with E-state index in [1.165, 1.54) is 12.3 Å². The van der Waals surface area contributed by atoms with Crippen LogP contribution in [-0.4, -0.2) is 22.8 Å². The number of rotatable bonds is 6. The number of nitrogens with zero attached hydrogens (tertiary/aromatic N) is 2. The lowest BCUT2D eigenvalue weighted by molar-refractivity contribution is -0.130. The average molecular weight is 435 g/mol. The number of hydrogen-bond acceptors (Lipinski definition) is 3. The fourth-order valence-electron chi connectivity index (χ4n) is 2.60. The smallest absolute Gasteiger partial charge is 0.223 e. The van der Waals surface area contributed by atoms with Crippen molar-refractivity contribution in [2.75, 3.05) is 7.05 Å². The van der Waals surface area contributed by atoms with Crippen molar-refractivity contribution in [2.24, 2.45) is 0 Å². The lowest BCUT2D eigenvalue weighted by atomic mass is 10.2. The van der Waals surface area contributed by atoms with Crippen LogP contribution in [0.15, 0.2) is 57.6 Å². The summed E-state index contributed by atoms with van der Waals surface area (Å²) in [6, 6.07) is 11.0. The molecular formula is C20H17BrF2N2O2. The van der Waals surface area contributed by atoms with Crippen LogP contribution in [0.2, 0.25) is 0 Å². The Morgan fingerprint density at radius 2 is 1.93 bits per heavy atom. The Kier molecular flexibility index (Phi) is 6.01. The predicted octanol–water partition coefficient (Wildman–Crippen LogP) is 4.97. The molecule has 4 nitrogen and oxygen atoms in total. The maximum absolute atomic E-state index is 13.8. The third-order valence-corrected chi connectivity index (χ3v) is 4.59. The Balaban J connectivity index is 1.57. The lowest BCUT2D eigenvalue weighted by Gasteiger charge is -2.17. The van der Waals surface area contributed by atoms with Gasteiger partial charge in [-0.15, -0.1) is 0 Å². The summed E-state index contributed by atoms with van der Waals surface area (Å²) in [5.41, 5.74) is 1.16. The number of amides is 1. The molecule has 0 saturated heterocycles. The number of carbonyl (C=O) groups is 1. The highest BCUT2D eigenvalue weighted by molar-refractivity contribution is 9.10. The molecule has 1 heterocycles. The summed E-state index contributed by atoms with van der Waals surface area (Å²) < 4.78 is 33.3. The monoisotopic (exact) mass is 434 g/mol. The van der Waals surface area contributed by atoms with Gasteiger partial charge in [0.2, 0.25) is 5.91 Å². The van der Waals surface area contributed by atoms with Crippen molar-refractivity contribution in [3.63, 3.8) is 0 Å². The van der Waals surface area contributed by atoms with Gasteiger partial charge in [-0.1, -0.05) is 28.1 Å². The van der Waals surface area contributed by atoms with Crippen molar-refractivity contribution < 1.29 is 18.0 Å². The molecule has 140 valence electrons. The molecule has 0 atom stereocenters. The van der Waals surface area contributed by atoms with E-state index in [4.69, 9.17) is 4.42 Å². The number of halogens is 3. The molecule has 7 heteroatoms. The minimum Gasteiger partial charge on any atom is -0.441 e. The zero-order valence-electron chi connectivity index (χ0n) is 14.6. The second-order valence-electron chi connectivity index (χ2n) is 6.12. The van der Waals surface area contributed by atoms with Gasteiger partial charge in [0.05, 0.1) is 11.8 Å². The van der Waals surface area contributed by atoms with Crippen LogP contribution in [0.5, 0.6) is 0 Å². The Labute approximate surface area is 164 Å². The quantitative estimate of drug-likeness (QED) is 0.549. The van der Waals surface area contributed by atoms with E-state index in [2.05, 4.69) is 20.9 Å². The fourth-order valence-corrected chi connectivity index (χ4v) is 2.86. The van der Waals surface area contributed by atoms with Crippen LogP contribution in [0, 0.1) is 11.6 Å². The van der Waals surface area contributed by atoms with Crippen LogP contribution in [-0.2, 0) is 17.8 Å². The summed E-state index contributed by atoms with van der Waals surface area (Å²) >= 11 is 3.38. The third-order valence-electron chi connectivity index (χ3n) is 4.06. The average Bonchev–Trinajstić information content (AvgIpc) is 3.10. The molecule has 0 saturated carbocycles. The van der Waals surface area contributed by atoms with Gasteiger partial charge in [-0.25, -0.2) is 13.8 Å². The van der Waals surface area contributed by atoms with E-state index in [1.54, 1.807) is 11.9 Å². The van der Waals surface area contributed by atoms with Gasteiger partial charge < -0.3 is 9.32 Å². The molecule has 2 aromatic carbocycles. The van der Waals surface area contributed by atoms with E-state index >= 15 is 0 Å². The first-order valence-corrected chi connectivity index (χ1v) is 9.10. The number of carbonyl (C=O) groups excluding carboxylic acids is 1. The van der Waals surface area contributed by atoms with Crippen molar-refractivity contribution in [3.8, 4) is 11.3 Å². The SMILES string of the molecule is CN(Cc1ccc(Br)cc1)C(=O)CCc1ncc(-c2ccc(F)cc2F)o1. The summed E-state index contributed by atoms with van der Waals surface area (Å²) in [7, 11) is 1.74. The molecule has 0 bridgehead atoms. The Hall–Kier alpha value is -2.54. The van der Waals surface area contributed by atoms with E-state index in [0.29, 0.717) is 18.9 Å². The second-order valence-corrected chi connectivity index (χ2v) is 7.03. The van der Waals surface area contributed by atoms with Crippen LogP contribution in [0.3, 0.4) is 0 Å². The molecule has 0 fully saturated rings. The van der Waals surface area contributed by atoms with Gasteiger partial charge in [0.15, 0.2) is 11.7 Å². The van der Waals surface area contributed by atoms with Gasteiger partial charge >= 0.3 is 0 Å². The largest absolute Gasteiger partial charge is 0.441 e. The van der Waals surface area contributed by atoms with E-state index in [9.17, 15) is 13.6 Å². The molecule has 1 amide bonds. The number of benzene rings is 2. The summed E-state index contributed by atoms with van der Waals surface area (Å²) in [6.45, 7) is 0.504.